The quantitative estimate of drug-likeness (QED) is 0.715. The van der Waals surface area contributed by atoms with Crippen LogP contribution < -0.4 is 10.6 Å². The Hall–Kier alpha value is -1.26. The van der Waals surface area contributed by atoms with Crippen molar-refractivity contribution in [1.82, 2.24) is 4.90 Å². The van der Waals surface area contributed by atoms with Crippen LogP contribution in [-0.2, 0) is 6.61 Å². The molecule has 3 N–H and O–H groups in total. The molecule has 1 aromatic carbocycles. The summed E-state index contributed by atoms with van der Waals surface area (Å²) >= 11 is 0. The van der Waals surface area contributed by atoms with Gasteiger partial charge in [0.2, 0.25) is 0 Å². The summed E-state index contributed by atoms with van der Waals surface area (Å²) in [4.78, 5) is 4.62. The first kappa shape index (κ1) is 11.2. The molecule has 16 heavy (non-hydrogen) atoms. The Balaban J connectivity index is 2.19. The Bertz CT molecular complexity index is 359. The highest BCUT2D eigenvalue weighted by molar-refractivity contribution is 5.59. The van der Waals surface area contributed by atoms with Crippen LogP contribution in [0.25, 0.3) is 0 Å². The molecule has 0 amide bonds. The van der Waals surface area contributed by atoms with Crippen molar-refractivity contribution in [2.75, 3.05) is 43.9 Å². The van der Waals surface area contributed by atoms with E-state index in [1.165, 1.54) is 0 Å². The summed E-state index contributed by atoms with van der Waals surface area (Å²) in [6.07, 6.45) is 0. The molecule has 0 aromatic heterocycles. The summed E-state index contributed by atoms with van der Waals surface area (Å²) in [6, 6.07) is 5.76. The van der Waals surface area contributed by atoms with Crippen molar-refractivity contribution in [2.45, 2.75) is 6.61 Å². The predicted octanol–water partition coefficient (Wildman–Crippen LogP) is 0.513. The van der Waals surface area contributed by atoms with Gasteiger partial charge in [-0.1, -0.05) is 0 Å². The molecule has 88 valence electrons. The summed E-state index contributed by atoms with van der Waals surface area (Å²) < 4.78 is 0. The number of likely N-dealkylation sites (N-methyl/N-ethyl adjacent to an activating group) is 1. The van der Waals surface area contributed by atoms with Crippen molar-refractivity contribution >= 4 is 11.4 Å². The average molecular weight is 221 g/mol. The lowest BCUT2D eigenvalue weighted by Crippen LogP contribution is -2.44. The summed E-state index contributed by atoms with van der Waals surface area (Å²) in [5, 5.41) is 9.33. The Labute approximate surface area is 96.3 Å². The highest BCUT2D eigenvalue weighted by atomic mass is 16.3. The molecule has 1 fully saturated rings. The fraction of sp³-hybridized carbons (Fsp3) is 0.500. The van der Waals surface area contributed by atoms with E-state index >= 15 is 0 Å². The minimum absolute atomic E-state index is 0.0483. The summed E-state index contributed by atoms with van der Waals surface area (Å²) in [5.74, 6) is 0. The molecule has 0 unspecified atom stereocenters. The molecule has 1 saturated heterocycles. The molecule has 0 atom stereocenters. The van der Waals surface area contributed by atoms with E-state index < -0.39 is 0 Å². The topological polar surface area (TPSA) is 52.7 Å². The van der Waals surface area contributed by atoms with Crippen molar-refractivity contribution in [3.8, 4) is 0 Å². The minimum Gasteiger partial charge on any atom is -0.399 e. The zero-order chi connectivity index (χ0) is 11.5. The van der Waals surface area contributed by atoms with Crippen molar-refractivity contribution < 1.29 is 5.11 Å². The maximum atomic E-state index is 9.33. The highest BCUT2D eigenvalue weighted by Gasteiger charge is 2.16. The van der Waals surface area contributed by atoms with Gasteiger partial charge in [-0.2, -0.15) is 0 Å². The van der Waals surface area contributed by atoms with E-state index in [-0.39, 0.29) is 6.61 Å². The van der Waals surface area contributed by atoms with Crippen LogP contribution in [0, 0.1) is 0 Å². The largest absolute Gasteiger partial charge is 0.399 e. The SMILES string of the molecule is CN1CCN(c2ccc(N)cc2CO)CC1. The van der Waals surface area contributed by atoms with E-state index in [9.17, 15) is 5.11 Å². The molecule has 4 nitrogen and oxygen atoms in total. The first-order valence-electron chi connectivity index (χ1n) is 5.63. The Morgan fingerprint density at radius 1 is 1.25 bits per heavy atom. The minimum atomic E-state index is 0.0483. The third-order valence-electron chi connectivity index (χ3n) is 3.12. The van der Waals surface area contributed by atoms with Gasteiger partial charge in [0.1, 0.15) is 0 Å². The number of nitrogen functional groups attached to an aromatic ring is 1. The lowest BCUT2D eigenvalue weighted by atomic mass is 10.1. The van der Waals surface area contributed by atoms with Crippen LogP contribution in [0.5, 0.6) is 0 Å². The van der Waals surface area contributed by atoms with Gasteiger partial charge in [0.15, 0.2) is 0 Å². The molecule has 0 spiro atoms. The first-order chi connectivity index (χ1) is 7.70. The lowest BCUT2D eigenvalue weighted by Gasteiger charge is -2.35. The molecule has 1 aliphatic heterocycles. The van der Waals surface area contributed by atoms with Gasteiger partial charge in [0.25, 0.3) is 0 Å². The molecule has 0 saturated carbocycles. The fourth-order valence-electron chi connectivity index (χ4n) is 2.09. The highest BCUT2D eigenvalue weighted by Crippen LogP contribution is 2.24. The molecule has 2 rings (SSSR count). The molecule has 4 heteroatoms. The van der Waals surface area contributed by atoms with Crippen LogP contribution >= 0.6 is 0 Å². The molecule has 1 heterocycles. The van der Waals surface area contributed by atoms with E-state index in [0.29, 0.717) is 5.69 Å². The standard InChI is InChI=1S/C12H19N3O/c1-14-4-6-15(7-5-14)12-3-2-11(13)8-10(12)9-16/h2-3,8,16H,4-7,9,13H2,1H3. The number of anilines is 2. The van der Waals surface area contributed by atoms with Crippen molar-refractivity contribution in [2.24, 2.45) is 0 Å². The first-order valence-corrected chi connectivity index (χ1v) is 5.63. The predicted molar refractivity (Wildman–Crippen MR) is 66.5 cm³/mol. The maximum Gasteiger partial charge on any atom is 0.0702 e. The van der Waals surface area contributed by atoms with Gasteiger partial charge in [-0.15, -0.1) is 0 Å². The second-order valence-corrected chi connectivity index (χ2v) is 4.34. The third-order valence-corrected chi connectivity index (χ3v) is 3.12. The Kier molecular flexibility index (Phi) is 3.31. The number of aliphatic hydroxyl groups is 1. The van der Waals surface area contributed by atoms with Gasteiger partial charge in [0, 0.05) is 43.1 Å². The third kappa shape index (κ3) is 2.28. The van der Waals surface area contributed by atoms with Crippen LogP contribution in [0.2, 0.25) is 0 Å². The summed E-state index contributed by atoms with van der Waals surface area (Å²) in [7, 11) is 2.13. The van der Waals surface area contributed by atoms with Crippen LogP contribution in [0.3, 0.4) is 0 Å². The number of hydrogen-bond acceptors (Lipinski definition) is 4. The number of aliphatic hydroxyl groups excluding tert-OH is 1. The normalized spacial score (nSPS) is 17.8. The fourth-order valence-corrected chi connectivity index (χ4v) is 2.09. The second kappa shape index (κ2) is 4.72. The molecular weight excluding hydrogens is 202 g/mol. The van der Waals surface area contributed by atoms with Crippen molar-refractivity contribution in [3.63, 3.8) is 0 Å². The van der Waals surface area contributed by atoms with E-state index in [4.69, 9.17) is 5.73 Å². The number of benzene rings is 1. The van der Waals surface area contributed by atoms with Crippen molar-refractivity contribution in [3.05, 3.63) is 23.8 Å². The molecule has 1 aliphatic rings. The zero-order valence-electron chi connectivity index (χ0n) is 9.69. The number of rotatable bonds is 2. The average Bonchev–Trinajstić information content (AvgIpc) is 2.30. The van der Waals surface area contributed by atoms with E-state index in [1.54, 1.807) is 0 Å². The Morgan fingerprint density at radius 2 is 1.94 bits per heavy atom. The van der Waals surface area contributed by atoms with Gasteiger partial charge < -0.3 is 20.6 Å². The van der Waals surface area contributed by atoms with Gasteiger partial charge >= 0.3 is 0 Å². The van der Waals surface area contributed by atoms with Gasteiger partial charge in [-0.05, 0) is 25.2 Å². The number of hydrogen-bond donors (Lipinski definition) is 2. The number of nitrogens with zero attached hydrogens (tertiary/aromatic N) is 2. The monoisotopic (exact) mass is 221 g/mol. The summed E-state index contributed by atoms with van der Waals surface area (Å²) in [5.41, 5.74) is 8.46. The molecule has 1 aromatic rings. The van der Waals surface area contributed by atoms with E-state index in [1.807, 2.05) is 18.2 Å². The van der Waals surface area contributed by atoms with E-state index in [2.05, 4.69) is 16.8 Å². The maximum absolute atomic E-state index is 9.33. The van der Waals surface area contributed by atoms with Gasteiger partial charge in [-0.3, -0.25) is 0 Å². The van der Waals surface area contributed by atoms with Gasteiger partial charge in [-0.25, -0.2) is 0 Å². The lowest BCUT2D eigenvalue weighted by molar-refractivity contribution is 0.280. The van der Waals surface area contributed by atoms with E-state index in [0.717, 1.165) is 37.4 Å². The molecule has 0 bridgehead atoms. The van der Waals surface area contributed by atoms with Crippen LogP contribution in [0.4, 0.5) is 11.4 Å². The molecular formula is C12H19N3O. The van der Waals surface area contributed by atoms with Crippen molar-refractivity contribution in [1.29, 1.82) is 0 Å². The summed E-state index contributed by atoms with van der Waals surface area (Å²) in [6.45, 7) is 4.19. The molecule has 0 aliphatic carbocycles. The second-order valence-electron chi connectivity index (χ2n) is 4.34. The Morgan fingerprint density at radius 3 is 2.56 bits per heavy atom. The van der Waals surface area contributed by atoms with Gasteiger partial charge in [0.05, 0.1) is 6.61 Å². The van der Waals surface area contributed by atoms with Crippen LogP contribution in [0.1, 0.15) is 5.56 Å². The zero-order valence-corrected chi connectivity index (χ0v) is 9.69. The van der Waals surface area contributed by atoms with Crippen LogP contribution in [0.15, 0.2) is 18.2 Å². The molecule has 0 radical (unpaired) electrons. The van der Waals surface area contributed by atoms with Crippen LogP contribution in [-0.4, -0.2) is 43.2 Å². The number of nitrogens with two attached hydrogens (primary N) is 1. The smallest absolute Gasteiger partial charge is 0.0702 e. The number of piperazine rings is 1.